The number of β-lactam (4-membered cyclic amide) rings is 1. The molecule has 4 atom stereocenters. The number of rotatable bonds is 6. The SMILES string of the molecule is CC1(C)C(C(=O)OC(c2ccccc2)(c2ccccc2)c2ccccc2)N2C(=O)C(N3C(=O)CCC3=O)[C@@H]2S1=O. The van der Waals surface area contributed by atoms with Gasteiger partial charge in [0.05, 0.1) is 15.5 Å². The summed E-state index contributed by atoms with van der Waals surface area (Å²) in [6.45, 7) is 3.31. The lowest BCUT2D eigenvalue weighted by molar-refractivity contribution is -0.175. The van der Waals surface area contributed by atoms with Gasteiger partial charge < -0.3 is 9.64 Å². The van der Waals surface area contributed by atoms with Crippen molar-refractivity contribution < 1.29 is 28.1 Å². The number of imide groups is 1. The molecule has 0 radical (unpaired) electrons. The number of nitrogens with zero attached hydrogens (tertiary/aromatic N) is 2. The lowest BCUT2D eigenvalue weighted by atomic mass is 9.80. The van der Waals surface area contributed by atoms with Gasteiger partial charge in [-0.1, -0.05) is 91.0 Å². The van der Waals surface area contributed by atoms with Crippen LogP contribution in [0.25, 0.3) is 0 Å². The average molecular weight is 557 g/mol. The molecule has 8 nitrogen and oxygen atoms in total. The van der Waals surface area contributed by atoms with Crippen LogP contribution >= 0.6 is 0 Å². The molecule has 0 aliphatic carbocycles. The molecule has 3 fully saturated rings. The van der Waals surface area contributed by atoms with E-state index in [1.165, 1.54) is 4.90 Å². The third-order valence-electron chi connectivity index (χ3n) is 8.11. The van der Waals surface area contributed by atoms with Gasteiger partial charge in [0.1, 0.15) is 11.4 Å². The summed E-state index contributed by atoms with van der Waals surface area (Å²) in [5, 5.41) is -0.967. The molecule has 3 saturated heterocycles. The van der Waals surface area contributed by atoms with Crippen LogP contribution in [0.15, 0.2) is 91.0 Å². The maximum Gasteiger partial charge on any atom is 0.332 e. The van der Waals surface area contributed by atoms with Gasteiger partial charge in [-0.15, -0.1) is 0 Å². The molecule has 6 rings (SSSR count). The fourth-order valence-electron chi connectivity index (χ4n) is 6.16. The van der Waals surface area contributed by atoms with E-state index in [0.29, 0.717) is 16.7 Å². The van der Waals surface area contributed by atoms with E-state index in [-0.39, 0.29) is 12.8 Å². The van der Waals surface area contributed by atoms with Gasteiger partial charge in [0.15, 0.2) is 11.6 Å². The van der Waals surface area contributed by atoms with Crippen molar-refractivity contribution in [3.8, 4) is 0 Å². The highest BCUT2D eigenvalue weighted by Crippen LogP contribution is 2.48. The molecule has 9 heteroatoms. The standard InChI is InChI=1S/C31H28N2O6S/c1-30(2)26(33-27(36)25(28(33)40(30)38)32-23(34)18-19-24(32)35)29(37)39-31(20-12-6-3-7-13-20,21-14-8-4-9-15-21)22-16-10-5-11-17-22/h3-17,25-26,28H,18-19H2,1-2H3/t25?,26?,28-,40?/m0/s1. The molecule has 0 aromatic heterocycles. The Morgan fingerprint density at radius 2 is 1.23 bits per heavy atom. The highest BCUT2D eigenvalue weighted by Gasteiger charge is 2.71. The minimum absolute atomic E-state index is 0.0184. The third-order valence-corrected chi connectivity index (χ3v) is 10.3. The molecule has 3 aliphatic rings. The minimum Gasteiger partial charge on any atom is -0.443 e. The zero-order chi connectivity index (χ0) is 28.2. The fourth-order valence-corrected chi connectivity index (χ4v) is 8.12. The quantitative estimate of drug-likeness (QED) is 0.200. The van der Waals surface area contributed by atoms with Crippen molar-refractivity contribution >= 4 is 34.5 Å². The lowest BCUT2D eigenvalue weighted by Gasteiger charge is -2.46. The fraction of sp³-hybridized carbons (Fsp3) is 0.290. The maximum absolute atomic E-state index is 14.3. The first-order valence-electron chi connectivity index (χ1n) is 13.2. The van der Waals surface area contributed by atoms with Gasteiger partial charge in [0.2, 0.25) is 11.8 Å². The predicted molar refractivity (Wildman–Crippen MR) is 147 cm³/mol. The Balaban J connectivity index is 1.44. The molecule has 0 spiro atoms. The number of likely N-dealkylation sites (tertiary alicyclic amines) is 1. The Morgan fingerprint density at radius 1 is 0.800 bits per heavy atom. The van der Waals surface area contributed by atoms with Crippen LogP contribution in [0.1, 0.15) is 43.4 Å². The van der Waals surface area contributed by atoms with Crippen molar-refractivity contribution in [1.82, 2.24) is 9.80 Å². The first kappa shape index (κ1) is 26.1. The average Bonchev–Trinajstić information content (AvgIpc) is 3.39. The van der Waals surface area contributed by atoms with Gasteiger partial charge in [-0.05, 0) is 13.8 Å². The van der Waals surface area contributed by atoms with E-state index in [2.05, 4.69) is 0 Å². The molecule has 3 aromatic rings. The summed E-state index contributed by atoms with van der Waals surface area (Å²) in [4.78, 5) is 54.9. The van der Waals surface area contributed by atoms with Crippen LogP contribution in [0, 0.1) is 0 Å². The number of fused-ring (bicyclic) bond motifs is 1. The Kier molecular flexibility index (Phi) is 6.22. The first-order valence-corrected chi connectivity index (χ1v) is 14.4. The van der Waals surface area contributed by atoms with Crippen LogP contribution in [0.5, 0.6) is 0 Å². The van der Waals surface area contributed by atoms with Crippen LogP contribution in [0.2, 0.25) is 0 Å². The summed E-state index contributed by atoms with van der Waals surface area (Å²) in [7, 11) is -1.75. The molecule has 3 aliphatic heterocycles. The number of hydrogen-bond acceptors (Lipinski definition) is 6. The van der Waals surface area contributed by atoms with E-state index in [9.17, 15) is 23.4 Å². The Morgan fingerprint density at radius 3 is 1.65 bits per heavy atom. The van der Waals surface area contributed by atoms with Gasteiger partial charge in [-0.3, -0.25) is 23.5 Å². The summed E-state index contributed by atoms with van der Waals surface area (Å²) in [6.07, 6.45) is 0.0369. The van der Waals surface area contributed by atoms with E-state index >= 15 is 0 Å². The van der Waals surface area contributed by atoms with Crippen LogP contribution < -0.4 is 0 Å². The molecule has 0 saturated carbocycles. The molecule has 40 heavy (non-hydrogen) atoms. The minimum atomic E-state index is -1.75. The van der Waals surface area contributed by atoms with E-state index in [1.54, 1.807) is 13.8 Å². The normalized spacial score (nSPS) is 25.5. The topological polar surface area (TPSA) is 101 Å². The molecule has 0 bridgehead atoms. The second-order valence-electron chi connectivity index (χ2n) is 10.7. The van der Waals surface area contributed by atoms with Crippen LogP contribution in [-0.4, -0.2) is 59.9 Å². The number of carbonyl (C=O) groups excluding carboxylic acids is 4. The van der Waals surface area contributed by atoms with E-state index in [4.69, 9.17) is 4.74 Å². The van der Waals surface area contributed by atoms with Crippen LogP contribution in [0.3, 0.4) is 0 Å². The predicted octanol–water partition coefficient (Wildman–Crippen LogP) is 3.12. The van der Waals surface area contributed by atoms with Crippen molar-refractivity contribution in [2.45, 2.75) is 54.5 Å². The first-order chi connectivity index (χ1) is 19.2. The summed E-state index contributed by atoms with van der Waals surface area (Å²) in [5.41, 5.74) is 0.742. The van der Waals surface area contributed by atoms with Crippen LogP contribution in [-0.2, 0) is 40.3 Å². The number of ether oxygens (including phenoxy) is 1. The van der Waals surface area contributed by atoms with Crippen molar-refractivity contribution in [2.75, 3.05) is 0 Å². The van der Waals surface area contributed by atoms with Crippen molar-refractivity contribution in [2.24, 2.45) is 0 Å². The largest absolute Gasteiger partial charge is 0.443 e. The van der Waals surface area contributed by atoms with Gasteiger partial charge in [0, 0.05) is 29.5 Å². The monoisotopic (exact) mass is 556 g/mol. The van der Waals surface area contributed by atoms with Gasteiger partial charge in [0.25, 0.3) is 5.91 Å². The summed E-state index contributed by atoms with van der Waals surface area (Å²) < 4.78 is 19.1. The number of benzene rings is 3. The zero-order valence-corrected chi connectivity index (χ0v) is 22.9. The van der Waals surface area contributed by atoms with Crippen LogP contribution in [0.4, 0.5) is 0 Å². The Hall–Kier alpha value is -4.11. The van der Waals surface area contributed by atoms with Crippen molar-refractivity contribution in [1.29, 1.82) is 0 Å². The van der Waals surface area contributed by atoms with Gasteiger partial charge in [-0.2, -0.15) is 0 Å². The Bertz CT molecular complexity index is 1410. The van der Waals surface area contributed by atoms with Gasteiger partial charge in [-0.25, -0.2) is 4.79 Å². The number of carbonyl (C=O) groups is 4. The number of amides is 3. The van der Waals surface area contributed by atoms with E-state index in [1.807, 2.05) is 91.0 Å². The number of hydrogen-bond donors (Lipinski definition) is 0. The second kappa shape index (κ2) is 9.52. The van der Waals surface area contributed by atoms with E-state index in [0.717, 1.165) is 4.90 Å². The molecule has 204 valence electrons. The number of esters is 1. The summed E-state index contributed by atoms with van der Waals surface area (Å²) >= 11 is 0. The molecule has 0 N–H and O–H groups in total. The van der Waals surface area contributed by atoms with Crippen molar-refractivity contribution in [3.63, 3.8) is 0 Å². The molecular weight excluding hydrogens is 528 g/mol. The highest BCUT2D eigenvalue weighted by atomic mass is 32.2. The van der Waals surface area contributed by atoms with E-state index < -0.39 is 62.3 Å². The molecule has 3 amide bonds. The summed E-state index contributed by atoms with van der Waals surface area (Å²) in [5.74, 6) is -2.21. The van der Waals surface area contributed by atoms with Crippen molar-refractivity contribution in [3.05, 3.63) is 108 Å². The zero-order valence-electron chi connectivity index (χ0n) is 22.1. The smallest absolute Gasteiger partial charge is 0.332 e. The highest BCUT2D eigenvalue weighted by molar-refractivity contribution is 7.87. The molecule has 3 aromatic carbocycles. The molecular formula is C31H28N2O6S. The maximum atomic E-state index is 14.3. The lowest BCUT2D eigenvalue weighted by Crippen LogP contribution is -2.72. The molecule has 3 heterocycles. The summed E-state index contributed by atoms with van der Waals surface area (Å²) in [6, 6.07) is 25.7. The Labute approximate surface area is 234 Å². The molecule has 3 unspecified atom stereocenters. The second-order valence-corrected chi connectivity index (χ2v) is 12.9. The van der Waals surface area contributed by atoms with Gasteiger partial charge >= 0.3 is 5.97 Å². The third kappa shape index (κ3) is 3.67.